The third-order valence-electron chi connectivity index (χ3n) is 6.06. The van der Waals surface area contributed by atoms with E-state index in [2.05, 4.69) is 19.2 Å². The Morgan fingerprint density at radius 1 is 1.10 bits per heavy atom. The molecule has 1 N–H and O–H groups in total. The summed E-state index contributed by atoms with van der Waals surface area (Å²) in [7, 11) is 0. The minimum Gasteiger partial charge on any atom is -0.356 e. The maximum atomic E-state index is 13.1. The Hall–Kier alpha value is -1.89. The van der Waals surface area contributed by atoms with Gasteiger partial charge in [0.25, 0.3) is 5.56 Å². The first-order valence-electron chi connectivity index (χ1n) is 11.0. The Kier molecular flexibility index (Phi) is 7.70. The van der Waals surface area contributed by atoms with Crippen LogP contribution in [-0.2, 0) is 17.9 Å². The van der Waals surface area contributed by atoms with Crippen molar-refractivity contribution >= 4 is 27.5 Å². The lowest BCUT2D eigenvalue weighted by Gasteiger charge is -2.28. The van der Waals surface area contributed by atoms with E-state index in [1.165, 1.54) is 15.9 Å². The van der Waals surface area contributed by atoms with E-state index in [0.717, 1.165) is 63.4 Å². The molecule has 2 heterocycles. The normalized spacial score (nSPS) is 19.5. The summed E-state index contributed by atoms with van der Waals surface area (Å²) < 4.78 is 3.88. The Morgan fingerprint density at radius 2 is 1.83 bits per heavy atom. The van der Waals surface area contributed by atoms with E-state index >= 15 is 0 Å². The largest absolute Gasteiger partial charge is 0.356 e. The van der Waals surface area contributed by atoms with Crippen LogP contribution in [0.2, 0.25) is 0 Å². The molecule has 7 heteroatoms. The maximum Gasteiger partial charge on any atom is 0.331 e. The fourth-order valence-electron chi connectivity index (χ4n) is 4.22. The number of nitrogens with zero attached hydrogens (tertiary/aromatic N) is 2. The predicted octanol–water partition coefficient (Wildman–Crippen LogP) is 3.75. The van der Waals surface area contributed by atoms with Crippen LogP contribution >= 0.6 is 11.3 Å². The third-order valence-corrected chi connectivity index (χ3v) is 6.95. The van der Waals surface area contributed by atoms with Crippen LogP contribution in [0.3, 0.4) is 0 Å². The molecular weight excluding hydrogens is 386 g/mol. The highest BCUT2D eigenvalue weighted by Gasteiger charge is 2.27. The van der Waals surface area contributed by atoms with Crippen molar-refractivity contribution in [1.82, 2.24) is 14.5 Å². The van der Waals surface area contributed by atoms with Gasteiger partial charge in [-0.3, -0.25) is 18.7 Å². The summed E-state index contributed by atoms with van der Waals surface area (Å²) in [4.78, 5) is 38.3. The number of unbranched alkanes of at least 4 members (excludes halogenated alkanes) is 2. The van der Waals surface area contributed by atoms with E-state index in [-0.39, 0.29) is 29.0 Å². The van der Waals surface area contributed by atoms with Crippen LogP contribution in [0.1, 0.15) is 65.2 Å². The average Bonchev–Trinajstić information content (AvgIpc) is 3.21. The molecule has 1 aliphatic rings. The number of nitrogens with one attached hydrogen (secondary N) is 1. The molecule has 1 amide bonds. The van der Waals surface area contributed by atoms with Gasteiger partial charge < -0.3 is 5.32 Å². The van der Waals surface area contributed by atoms with Gasteiger partial charge in [0.1, 0.15) is 4.70 Å². The fraction of sp³-hybridized carbons (Fsp3) is 0.682. The second-order valence-corrected chi connectivity index (χ2v) is 9.12. The van der Waals surface area contributed by atoms with Gasteiger partial charge in [0.05, 0.1) is 5.52 Å². The van der Waals surface area contributed by atoms with E-state index in [0.29, 0.717) is 17.8 Å². The zero-order valence-corrected chi connectivity index (χ0v) is 18.4. The molecule has 3 rings (SSSR count). The Bertz CT molecular complexity index is 935. The highest BCUT2D eigenvalue weighted by molar-refractivity contribution is 7.17. The minimum absolute atomic E-state index is 0.0702. The molecule has 2 aromatic rings. The number of fused-ring (bicyclic) bond motifs is 1. The molecule has 29 heavy (non-hydrogen) atoms. The van der Waals surface area contributed by atoms with Gasteiger partial charge in [-0.25, -0.2) is 4.79 Å². The molecule has 160 valence electrons. The number of aromatic nitrogens is 2. The summed E-state index contributed by atoms with van der Waals surface area (Å²) in [6.07, 6.45) is 7.45. The SMILES string of the molecule is CCCCNC(=O)C1CCC(Cn2c(=O)c3sccc3n(CCCC)c2=O)CC1. The van der Waals surface area contributed by atoms with Crippen molar-refractivity contribution < 1.29 is 4.79 Å². The van der Waals surface area contributed by atoms with E-state index < -0.39 is 0 Å². The highest BCUT2D eigenvalue weighted by atomic mass is 32.1. The number of carbonyl (C=O) groups is 1. The summed E-state index contributed by atoms with van der Waals surface area (Å²) >= 11 is 1.41. The zero-order chi connectivity index (χ0) is 20.8. The fourth-order valence-corrected chi connectivity index (χ4v) is 5.07. The highest BCUT2D eigenvalue weighted by Crippen LogP contribution is 2.29. The average molecular weight is 420 g/mol. The van der Waals surface area contributed by atoms with Gasteiger partial charge in [0, 0.05) is 25.6 Å². The van der Waals surface area contributed by atoms with Crippen molar-refractivity contribution in [2.45, 2.75) is 78.3 Å². The van der Waals surface area contributed by atoms with E-state index in [4.69, 9.17) is 0 Å². The number of hydrogen-bond acceptors (Lipinski definition) is 4. The van der Waals surface area contributed by atoms with Crippen LogP contribution in [0.4, 0.5) is 0 Å². The minimum atomic E-state index is -0.186. The standard InChI is InChI=1S/C22H33N3O3S/c1-3-5-12-23-20(26)17-9-7-16(8-10-17)15-25-21(27)19-18(11-14-29-19)24(22(25)28)13-6-4-2/h11,14,16-17H,3-10,12-13,15H2,1-2H3,(H,23,26). The van der Waals surface area contributed by atoms with Gasteiger partial charge in [-0.15, -0.1) is 11.3 Å². The first-order chi connectivity index (χ1) is 14.1. The predicted molar refractivity (Wildman–Crippen MR) is 119 cm³/mol. The second-order valence-electron chi connectivity index (χ2n) is 8.20. The molecule has 0 aromatic carbocycles. The van der Waals surface area contributed by atoms with Crippen molar-refractivity contribution in [2.75, 3.05) is 6.54 Å². The van der Waals surface area contributed by atoms with Crippen LogP contribution in [0, 0.1) is 11.8 Å². The summed E-state index contributed by atoms with van der Waals surface area (Å²) in [6.45, 7) is 6.07. The van der Waals surface area contributed by atoms with Crippen molar-refractivity contribution in [2.24, 2.45) is 11.8 Å². The third kappa shape index (κ3) is 5.00. The molecular formula is C22H33N3O3S. The molecule has 0 spiro atoms. The summed E-state index contributed by atoms with van der Waals surface area (Å²) in [6, 6.07) is 1.88. The topological polar surface area (TPSA) is 73.1 Å². The van der Waals surface area contributed by atoms with E-state index in [1.54, 1.807) is 4.57 Å². The molecule has 0 atom stereocenters. The quantitative estimate of drug-likeness (QED) is 0.629. The molecule has 1 aliphatic carbocycles. The van der Waals surface area contributed by atoms with Gasteiger partial charge in [-0.05, 0) is 55.9 Å². The van der Waals surface area contributed by atoms with Crippen LogP contribution < -0.4 is 16.6 Å². The van der Waals surface area contributed by atoms with Crippen LogP contribution in [-0.4, -0.2) is 21.6 Å². The van der Waals surface area contributed by atoms with Gasteiger partial charge in [-0.1, -0.05) is 26.7 Å². The molecule has 0 aliphatic heterocycles. The Labute approximate surface area is 175 Å². The van der Waals surface area contributed by atoms with Crippen molar-refractivity contribution in [1.29, 1.82) is 0 Å². The van der Waals surface area contributed by atoms with Crippen molar-refractivity contribution in [3.8, 4) is 0 Å². The zero-order valence-electron chi connectivity index (χ0n) is 17.6. The van der Waals surface area contributed by atoms with Crippen LogP contribution in [0.25, 0.3) is 10.2 Å². The number of rotatable bonds is 9. The van der Waals surface area contributed by atoms with Gasteiger partial charge in [0.15, 0.2) is 0 Å². The van der Waals surface area contributed by atoms with Crippen LogP contribution in [0.5, 0.6) is 0 Å². The first-order valence-corrected chi connectivity index (χ1v) is 11.9. The molecule has 1 fully saturated rings. The van der Waals surface area contributed by atoms with Crippen molar-refractivity contribution in [3.05, 3.63) is 32.3 Å². The molecule has 0 bridgehead atoms. The van der Waals surface area contributed by atoms with Crippen molar-refractivity contribution in [3.63, 3.8) is 0 Å². The molecule has 6 nitrogen and oxygen atoms in total. The number of carbonyl (C=O) groups excluding carboxylic acids is 1. The lowest BCUT2D eigenvalue weighted by Crippen LogP contribution is -2.42. The molecule has 2 aromatic heterocycles. The number of aryl methyl sites for hydroxylation is 1. The van der Waals surface area contributed by atoms with Crippen LogP contribution in [0.15, 0.2) is 21.0 Å². The van der Waals surface area contributed by atoms with Gasteiger partial charge in [0.2, 0.25) is 5.91 Å². The smallest absolute Gasteiger partial charge is 0.331 e. The Balaban J connectivity index is 1.70. The molecule has 1 saturated carbocycles. The van der Waals surface area contributed by atoms with E-state index in [1.807, 2.05) is 11.4 Å². The summed E-state index contributed by atoms with van der Waals surface area (Å²) in [5.74, 6) is 0.508. The summed E-state index contributed by atoms with van der Waals surface area (Å²) in [5.41, 5.74) is 0.420. The number of amides is 1. The second kappa shape index (κ2) is 10.2. The molecule has 0 unspecified atom stereocenters. The summed E-state index contributed by atoms with van der Waals surface area (Å²) in [5, 5.41) is 4.92. The maximum absolute atomic E-state index is 13.1. The van der Waals surface area contributed by atoms with Gasteiger partial charge >= 0.3 is 5.69 Å². The van der Waals surface area contributed by atoms with Gasteiger partial charge in [-0.2, -0.15) is 0 Å². The number of thiophene rings is 1. The lowest BCUT2D eigenvalue weighted by molar-refractivity contribution is -0.126. The number of hydrogen-bond donors (Lipinski definition) is 1. The molecule has 0 radical (unpaired) electrons. The first kappa shape index (κ1) is 21.8. The monoisotopic (exact) mass is 419 g/mol. The Morgan fingerprint density at radius 3 is 2.52 bits per heavy atom. The van der Waals surface area contributed by atoms with E-state index in [9.17, 15) is 14.4 Å². The lowest BCUT2D eigenvalue weighted by atomic mass is 9.81. The molecule has 0 saturated heterocycles.